The molecule has 0 fully saturated rings. The first-order valence-corrected chi connectivity index (χ1v) is 8.13. The van der Waals surface area contributed by atoms with Crippen LogP contribution in [0.3, 0.4) is 0 Å². The van der Waals surface area contributed by atoms with Crippen LogP contribution in [0.4, 0.5) is 8.78 Å². The maximum absolute atomic E-state index is 13.4. The molecule has 0 spiro atoms. The van der Waals surface area contributed by atoms with Crippen LogP contribution in [0, 0.1) is 11.9 Å². The van der Waals surface area contributed by atoms with Crippen LogP contribution in [0.1, 0.15) is 20.8 Å². The Bertz CT molecular complexity index is 895. The maximum atomic E-state index is 13.4. The van der Waals surface area contributed by atoms with Crippen molar-refractivity contribution in [3.63, 3.8) is 0 Å². The van der Waals surface area contributed by atoms with Crippen molar-refractivity contribution in [1.29, 1.82) is 0 Å². The predicted octanol–water partition coefficient (Wildman–Crippen LogP) is 3.58. The molecular weight excluding hydrogens is 320 g/mol. The average Bonchev–Trinajstić information content (AvgIpc) is 2.87. The van der Waals surface area contributed by atoms with Gasteiger partial charge in [-0.3, -0.25) is 4.21 Å². The number of hydrogen-bond acceptors (Lipinski definition) is 3. The summed E-state index contributed by atoms with van der Waals surface area (Å²) in [6.45, 7) is 5.66. The summed E-state index contributed by atoms with van der Waals surface area (Å²) in [7, 11) is -1.22. The number of rotatable bonds is 2. The lowest BCUT2D eigenvalue weighted by atomic mass is 10.1. The second-order valence-corrected chi connectivity index (χ2v) is 8.37. The van der Waals surface area contributed by atoms with Crippen molar-refractivity contribution < 1.29 is 13.0 Å². The van der Waals surface area contributed by atoms with Gasteiger partial charge in [-0.25, -0.2) is 4.52 Å². The van der Waals surface area contributed by atoms with Gasteiger partial charge in [-0.2, -0.15) is 18.9 Å². The molecule has 3 heterocycles. The normalized spacial score (nSPS) is 13.4. The number of halogens is 2. The number of nitrogens with zero attached hydrogens (tertiary/aromatic N) is 3. The molecule has 3 aromatic rings. The fourth-order valence-electron chi connectivity index (χ4n) is 2.27. The lowest BCUT2D eigenvalue weighted by Crippen LogP contribution is -2.21. The number of pyridine rings is 2. The Kier molecular flexibility index (Phi) is 3.75. The molecule has 1 unspecified atom stereocenters. The maximum Gasteiger partial charge on any atom is 0.216 e. The minimum atomic E-state index is -1.22. The zero-order valence-corrected chi connectivity index (χ0v) is 13.7. The van der Waals surface area contributed by atoms with Gasteiger partial charge in [-0.1, -0.05) is 0 Å². The molecule has 0 saturated carbocycles. The van der Waals surface area contributed by atoms with E-state index in [0.717, 1.165) is 12.1 Å². The third-order valence-electron chi connectivity index (χ3n) is 3.34. The molecular formula is C16H15F2N3OS. The van der Waals surface area contributed by atoms with E-state index in [0.29, 0.717) is 21.5 Å². The fourth-order valence-corrected chi connectivity index (χ4v) is 3.38. The Morgan fingerprint density at radius 2 is 1.78 bits per heavy atom. The molecule has 0 N–H and O–H groups in total. The number of fused-ring (bicyclic) bond motifs is 1. The topological polar surface area (TPSA) is 47.3 Å². The average molecular weight is 335 g/mol. The largest absolute Gasteiger partial charge is 0.254 e. The van der Waals surface area contributed by atoms with Crippen molar-refractivity contribution >= 4 is 16.3 Å². The minimum absolute atomic E-state index is 0.337. The highest BCUT2D eigenvalue weighted by molar-refractivity contribution is 7.86. The van der Waals surface area contributed by atoms with Crippen molar-refractivity contribution in [2.24, 2.45) is 0 Å². The first kappa shape index (κ1) is 15.7. The van der Waals surface area contributed by atoms with E-state index in [2.05, 4.69) is 10.1 Å². The summed E-state index contributed by atoms with van der Waals surface area (Å²) >= 11 is 0. The van der Waals surface area contributed by atoms with Crippen molar-refractivity contribution in [1.82, 2.24) is 14.6 Å². The molecule has 3 aromatic heterocycles. The van der Waals surface area contributed by atoms with Crippen LogP contribution in [-0.4, -0.2) is 23.6 Å². The van der Waals surface area contributed by atoms with Crippen LogP contribution in [-0.2, 0) is 10.8 Å². The molecule has 0 aromatic carbocycles. The fraction of sp³-hybridized carbons (Fsp3) is 0.250. The highest BCUT2D eigenvalue weighted by atomic mass is 32.2. The summed E-state index contributed by atoms with van der Waals surface area (Å²) in [5, 5.41) is 4.17. The lowest BCUT2D eigenvalue weighted by Gasteiger charge is -2.17. The lowest BCUT2D eigenvalue weighted by molar-refractivity contribution is 0.513. The van der Waals surface area contributed by atoms with Gasteiger partial charge in [0.1, 0.15) is 0 Å². The third-order valence-corrected chi connectivity index (χ3v) is 5.13. The summed E-state index contributed by atoms with van der Waals surface area (Å²) in [6, 6.07) is 5.76. The summed E-state index contributed by atoms with van der Waals surface area (Å²) in [4.78, 5) is 3.73. The number of aromatic nitrogens is 3. The highest BCUT2D eigenvalue weighted by Gasteiger charge is 2.22. The van der Waals surface area contributed by atoms with E-state index in [9.17, 15) is 13.0 Å². The molecule has 3 rings (SSSR count). The van der Waals surface area contributed by atoms with E-state index in [1.807, 2.05) is 20.8 Å². The van der Waals surface area contributed by atoms with Gasteiger partial charge < -0.3 is 0 Å². The van der Waals surface area contributed by atoms with Crippen molar-refractivity contribution in [2.45, 2.75) is 30.4 Å². The molecule has 7 heteroatoms. The Labute approximate surface area is 134 Å². The van der Waals surface area contributed by atoms with Gasteiger partial charge in [0.05, 0.1) is 22.5 Å². The molecule has 4 nitrogen and oxygen atoms in total. The van der Waals surface area contributed by atoms with E-state index >= 15 is 0 Å². The Hall–Kier alpha value is -2.15. The van der Waals surface area contributed by atoms with Crippen molar-refractivity contribution in [2.75, 3.05) is 0 Å². The van der Waals surface area contributed by atoms with Crippen LogP contribution in [0.2, 0.25) is 0 Å². The van der Waals surface area contributed by atoms with E-state index in [-0.39, 0.29) is 0 Å². The van der Waals surface area contributed by atoms with E-state index in [1.54, 1.807) is 22.8 Å². The minimum Gasteiger partial charge on any atom is -0.254 e. The van der Waals surface area contributed by atoms with E-state index in [4.69, 9.17) is 0 Å². The van der Waals surface area contributed by atoms with Gasteiger partial charge in [0, 0.05) is 33.5 Å². The Morgan fingerprint density at radius 1 is 1.13 bits per heavy atom. The molecule has 1 atom stereocenters. The molecule has 120 valence electrons. The van der Waals surface area contributed by atoms with E-state index in [1.165, 1.54) is 6.20 Å². The van der Waals surface area contributed by atoms with Crippen molar-refractivity contribution in [3.8, 4) is 11.1 Å². The first-order valence-electron chi connectivity index (χ1n) is 6.98. The summed E-state index contributed by atoms with van der Waals surface area (Å²) in [6.07, 6.45) is 3.21. The summed E-state index contributed by atoms with van der Waals surface area (Å²) in [5.41, 5.74) is 1.52. The second kappa shape index (κ2) is 5.49. The molecule has 0 aliphatic rings. The monoisotopic (exact) mass is 335 g/mol. The third kappa shape index (κ3) is 3.01. The molecule has 0 bridgehead atoms. The van der Waals surface area contributed by atoms with Gasteiger partial charge in [0.15, 0.2) is 0 Å². The van der Waals surface area contributed by atoms with Crippen LogP contribution in [0.25, 0.3) is 16.6 Å². The predicted molar refractivity (Wildman–Crippen MR) is 84.5 cm³/mol. The van der Waals surface area contributed by atoms with Gasteiger partial charge >= 0.3 is 0 Å². The second-order valence-electron chi connectivity index (χ2n) is 6.13. The van der Waals surface area contributed by atoms with Gasteiger partial charge in [0.2, 0.25) is 11.9 Å². The molecule has 0 amide bonds. The SMILES string of the molecule is CC(C)(C)S(=O)c1ccn2ncc(-c3cc(F)nc(F)c3)c2c1. The van der Waals surface area contributed by atoms with E-state index < -0.39 is 27.4 Å². The highest BCUT2D eigenvalue weighted by Crippen LogP contribution is 2.28. The van der Waals surface area contributed by atoms with Gasteiger partial charge in [-0.15, -0.1) is 0 Å². The zero-order valence-electron chi connectivity index (χ0n) is 12.9. The molecule has 0 aliphatic carbocycles. The van der Waals surface area contributed by atoms with Gasteiger partial charge in [0.25, 0.3) is 0 Å². The summed E-state index contributed by atoms with van der Waals surface area (Å²) in [5.74, 6) is -1.79. The quantitative estimate of drug-likeness (QED) is 0.673. The Morgan fingerprint density at radius 3 is 2.39 bits per heavy atom. The smallest absolute Gasteiger partial charge is 0.216 e. The molecule has 0 radical (unpaired) electrons. The van der Waals surface area contributed by atoms with Gasteiger partial charge in [-0.05, 0) is 38.5 Å². The Balaban J connectivity index is 2.17. The molecule has 23 heavy (non-hydrogen) atoms. The van der Waals surface area contributed by atoms with Crippen LogP contribution < -0.4 is 0 Å². The summed E-state index contributed by atoms with van der Waals surface area (Å²) < 4.78 is 40.4. The zero-order chi connectivity index (χ0) is 16.8. The van der Waals surface area contributed by atoms with Crippen LogP contribution in [0.15, 0.2) is 41.6 Å². The molecule has 0 aliphatic heterocycles. The first-order chi connectivity index (χ1) is 10.8. The van der Waals surface area contributed by atoms with Crippen molar-refractivity contribution in [3.05, 3.63) is 48.6 Å². The van der Waals surface area contributed by atoms with Crippen LogP contribution >= 0.6 is 0 Å². The molecule has 0 saturated heterocycles. The van der Waals surface area contributed by atoms with Crippen LogP contribution in [0.5, 0.6) is 0 Å². The standard InChI is InChI=1S/C16H15F2N3OS/c1-16(2,3)23(22)11-4-5-21-13(8-11)12(9-19-21)10-6-14(17)20-15(18)7-10/h4-9H,1-3H3. The number of hydrogen-bond donors (Lipinski definition) is 0.